The van der Waals surface area contributed by atoms with E-state index in [0.29, 0.717) is 11.8 Å². The van der Waals surface area contributed by atoms with E-state index in [4.69, 9.17) is 10.2 Å². The van der Waals surface area contributed by atoms with Crippen LogP contribution in [0.25, 0.3) is 11.0 Å². The Hall–Kier alpha value is -1.81. The number of amides is 1. The molecule has 0 spiro atoms. The fourth-order valence-electron chi connectivity index (χ4n) is 2.61. The number of hydrogen-bond acceptors (Lipinski definition) is 3. The smallest absolute Gasteiger partial charge is 0.287 e. The number of benzene rings is 1. The van der Waals surface area contributed by atoms with Crippen molar-refractivity contribution < 1.29 is 9.21 Å². The molecular formula is C15H18N2O2. The number of carbonyl (C=O) groups is 1. The summed E-state index contributed by atoms with van der Waals surface area (Å²) in [5.74, 6) is 0.257. The van der Waals surface area contributed by atoms with Crippen LogP contribution in [0.4, 0.5) is 0 Å². The van der Waals surface area contributed by atoms with Crippen molar-refractivity contribution in [2.45, 2.75) is 37.8 Å². The molecule has 1 aliphatic rings. The van der Waals surface area contributed by atoms with Gasteiger partial charge in [0.2, 0.25) is 0 Å². The number of nitrogens with two attached hydrogens (primary N) is 1. The summed E-state index contributed by atoms with van der Waals surface area (Å²) in [6.45, 7) is 0. The van der Waals surface area contributed by atoms with E-state index in [0.717, 1.165) is 36.7 Å². The first kappa shape index (κ1) is 12.2. The van der Waals surface area contributed by atoms with Crippen molar-refractivity contribution in [1.82, 2.24) is 5.32 Å². The van der Waals surface area contributed by atoms with Gasteiger partial charge in [0.05, 0.1) is 0 Å². The standard InChI is InChI=1S/C15H18N2O2/c16-11-5-7-12(8-6-11)17-15(18)14-9-10-3-1-2-4-13(10)19-14/h1-4,9,11-12H,5-8,16H2,(H,17,18). The van der Waals surface area contributed by atoms with Crippen LogP contribution in [0.1, 0.15) is 36.2 Å². The second-order valence-electron chi connectivity index (χ2n) is 5.23. The van der Waals surface area contributed by atoms with Crippen LogP contribution in [0.3, 0.4) is 0 Å². The molecule has 100 valence electrons. The van der Waals surface area contributed by atoms with Crippen LogP contribution >= 0.6 is 0 Å². The summed E-state index contributed by atoms with van der Waals surface area (Å²) in [5.41, 5.74) is 6.61. The van der Waals surface area contributed by atoms with E-state index >= 15 is 0 Å². The Labute approximate surface area is 112 Å². The third-order valence-electron chi connectivity index (χ3n) is 3.76. The summed E-state index contributed by atoms with van der Waals surface area (Å²) in [6.07, 6.45) is 3.86. The second-order valence-corrected chi connectivity index (χ2v) is 5.23. The Balaban J connectivity index is 1.70. The molecule has 3 rings (SSSR count). The van der Waals surface area contributed by atoms with Crippen LogP contribution in [0.15, 0.2) is 34.7 Å². The number of para-hydroxylation sites is 1. The van der Waals surface area contributed by atoms with Gasteiger partial charge in [-0.15, -0.1) is 0 Å². The van der Waals surface area contributed by atoms with E-state index in [1.807, 2.05) is 24.3 Å². The van der Waals surface area contributed by atoms with Gasteiger partial charge in [-0.3, -0.25) is 4.79 Å². The predicted molar refractivity (Wildman–Crippen MR) is 73.9 cm³/mol. The average molecular weight is 258 g/mol. The van der Waals surface area contributed by atoms with E-state index in [2.05, 4.69) is 5.32 Å². The molecule has 1 aliphatic carbocycles. The molecule has 4 nitrogen and oxygen atoms in total. The third kappa shape index (κ3) is 2.63. The van der Waals surface area contributed by atoms with Crippen LogP contribution in [-0.2, 0) is 0 Å². The molecule has 0 bridgehead atoms. The lowest BCUT2D eigenvalue weighted by molar-refractivity contribution is 0.0900. The van der Waals surface area contributed by atoms with Gasteiger partial charge in [0.25, 0.3) is 5.91 Å². The molecule has 2 aromatic rings. The highest BCUT2D eigenvalue weighted by Crippen LogP contribution is 2.20. The summed E-state index contributed by atoms with van der Waals surface area (Å²) in [5, 5.41) is 3.99. The van der Waals surface area contributed by atoms with Gasteiger partial charge in [-0.2, -0.15) is 0 Å². The molecule has 1 aromatic heterocycles. The zero-order valence-electron chi connectivity index (χ0n) is 10.8. The molecule has 0 radical (unpaired) electrons. The molecule has 4 heteroatoms. The van der Waals surface area contributed by atoms with Crippen LogP contribution in [0.2, 0.25) is 0 Å². The Bertz CT molecular complexity index is 550. The van der Waals surface area contributed by atoms with Gasteiger partial charge >= 0.3 is 0 Å². The van der Waals surface area contributed by atoms with Gasteiger partial charge in [-0.1, -0.05) is 18.2 Å². The number of furan rings is 1. The minimum Gasteiger partial charge on any atom is -0.451 e. The maximum absolute atomic E-state index is 12.1. The van der Waals surface area contributed by atoms with Gasteiger partial charge < -0.3 is 15.5 Å². The number of fused-ring (bicyclic) bond motifs is 1. The number of rotatable bonds is 2. The maximum Gasteiger partial charge on any atom is 0.287 e. The topological polar surface area (TPSA) is 68.3 Å². The normalized spacial score (nSPS) is 23.4. The Morgan fingerprint density at radius 2 is 1.95 bits per heavy atom. The molecule has 1 heterocycles. The zero-order chi connectivity index (χ0) is 13.2. The minimum absolute atomic E-state index is 0.128. The SMILES string of the molecule is NC1CCC(NC(=O)c2cc3ccccc3o2)CC1. The van der Waals surface area contributed by atoms with Gasteiger partial charge in [-0.05, 0) is 37.8 Å². The molecule has 0 saturated heterocycles. The summed E-state index contributed by atoms with van der Waals surface area (Å²) in [7, 11) is 0. The van der Waals surface area contributed by atoms with Crippen molar-refractivity contribution in [2.24, 2.45) is 5.73 Å². The summed E-state index contributed by atoms with van der Waals surface area (Å²) < 4.78 is 5.56. The van der Waals surface area contributed by atoms with E-state index in [9.17, 15) is 4.79 Å². The van der Waals surface area contributed by atoms with Crippen molar-refractivity contribution in [3.63, 3.8) is 0 Å². The third-order valence-corrected chi connectivity index (χ3v) is 3.76. The fraction of sp³-hybridized carbons (Fsp3) is 0.400. The first-order valence-electron chi connectivity index (χ1n) is 6.77. The highest BCUT2D eigenvalue weighted by atomic mass is 16.3. The van der Waals surface area contributed by atoms with E-state index in [-0.39, 0.29) is 11.9 Å². The van der Waals surface area contributed by atoms with E-state index in [1.54, 1.807) is 6.07 Å². The van der Waals surface area contributed by atoms with Crippen LogP contribution in [0, 0.1) is 0 Å². The molecule has 3 N–H and O–H groups in total. The molecule has 1 amide bonds. The van der Waals surface area contributed by atoms with Gasteiger partial charge in [0.1, 0.15) is 5.58 Å². The first-order valence-corrected chi connectivity index (χ1v) is 6.77. The Morgan fingerprint density at radius 3 is 2.68 bits per heavy atom. The molecule has 19 heavy (non-hydrogen) atoms. The van der Waals surface area contributed by atoms with Gasteiger partial charge in [-0.25, -0.2) is 0 Å². The summed E-state index contributed by atoms with van der Waals surface area (Å²) in [6, 6.07) is 9.94. The lowest BCUT2D eigenvalue weighted by atomic mass is 9.92. The second kappa shape index (κ2) is 5.05. The van der Waals surface area contributed by atoms with Crippen molar-refractivity contribution in [1.29, 1.82) is 0 Å². The lowest BCUT2D eigenvalue weighted by Gasteiger charge is -2.26. The number of nitrogens with one attached hydrogen (secondary N) is 1. The van der Waals surface area contributed by atoms with Crippen molar-refractivity contribution in [2.75, 3.05) is 0 Å². The van der Waals surface area contributed by atoms with Crippen molar-refractivity contribution in [3.8, 4) is 0 Å². The first-order chi connectivity index (χ1) is 9.22. The van der Waals surface area contributed by atoms with Crippen LogP contribution in [-0.4, -0.2) is 18.0 Å². The highest BCUT2D eigenvalue weighted by molar-refractivity contribution is 5.96. The lowest BCUT2D eigenvalue weighted by Crippen LogP contribution is -2.40. The van der Waals surface area contributed by atoms with Crippen molar-refractivity contribution in [3.05, 3.63) is 36.1 Å². The highest BCUT2D eigenvalue weighted by Gasteiger charge is 2.21. The zero-order valence-corrected chi connectivity index (χ0v) is 10.8. The number of carbonyl (C=O) groups excluding carboxylic acids is 1. The molecule has 1 aromatic carbocycles. The van der Waals surface area contributed by atoms with Gasteiger partial charge in [0, 0.05) is 17.5 Å². The Kier molecular flexibility index (Phi) is 3.25. The molecular weight excluding hydrogens is 240 g/mol. The molecule has 0 atom stereocenters. The predicted octanol–water partition coefficient (Wildman–Crippen LogP) is 2.43. The number of hydrogen-bond donors (Lipinski definition) is 2. The fourth-order valence-corrected chi connectivity index (χ4v) is 2.61. The van der Waals surface area contributed by atoms with Crippen LogP contribution < -0.4 is 11.1 Å². The minimum atomic E-state index is -0.128. The Morgan fingerprint density at radius 1 is 1.21 bits per heavy atom. The summed E-state index contributed by atoms with van der Waals surface area (Å²) in [4.78, 5) is 12.1. The average Bonchev–Trinajstić information content (AvgIpc) is 2.85. The maximum atomic E-state index is 12.1. The molecule has 0 unspecified atom stereocenters. The quantitative estimate of drug-likeness (QED) is 0.869. The largest absolute Gasteiger partial charge is 0.451 e. The van der Waals surface area contributed by atoms with E-state index < -0.39 is 0 Å². The molecule has 0 aliphatic heterocycles. The van der Waals surface area contributed by atoms with Crippen LogP contribution in [0.5, 0.6) is 0 Å². The molecule has 1 saturated carbocycles. The summed E-state index contributed by atoms with van der Waals surface area (Å²) >= 11 is 0. The van der Waals surface area contributed by atoms with Gasteiger partial charge in [0.15, 0.2) is 5.76 Å². The molecule has 1 fully saturated rings. The monoisotopic (exact) mass is 258 g/mol. The van der Waals surface area contributed by atoms with E-state index in [1.165, 1.54) is 0 Å². The van der Waals surface area contributed by atoms with Crippen molar-refractivity contribution >= 4 is 16.9 Å².